The highest BCUT2D eigenvalue weighted by molar-refractivity contribution is 7.95. The van der Waals surface area contributed by atoms with E-state index in [0.717, 1.165) is 17.5 Å². The molecule has 4 N–H and O–H groups in total. The van der Waals surface area contributed by atoms with Gasteiger partial charge in [0.25, 0.3) is 5.91 Å². The number of benzene rings is 1. The fourth-order valence-corrected chi connectivity index (χ4v) is 3.33. The predicted octanol–water partition coefficient (Wildman–Crippen LogP) is 0.387. The number of aliphatic imine (C=N–C) groups is 1. The van der Waals surface area contributed by atoms with Crippen molar-refractivity contribution in [1.82, 2.24) is 0 Å². The Balaban J connectivity index is 2.66. The van der Waals surface area contributed by atoms with Gasteiger partial charge in [0.05, 0.1) is 10.5 Å². The highest BCUT2D eigenvalue weighted by atomic mass is 32.2. The average Bonchev–Trinajstić information content (AvgIpc) is 2.47. The second kappa shape index (κ2) is 4.16. The van der Waals surface area contributed by atoms with E-state index < -0.39 is 33.1 Å². The predicted molar refractivity (Wildman–Crippen MR) is 67.4 cm³/mol. The van der Waals surface area contributed by atoms with E-state index in [-0.39, 0.29) is 10.5 Å². The third-order valence-corrected chi connectivity index (χ3v) is 4.21. The van der Waals surface area contributed by atoms with E-state index in [1.54, 1.807) is 6.92 Å². The maximum Gasteiger partial charge on any atom is 0.283 e. The molecule has 1 aromatic rings. The summed E-state index contributed by atoms with van der Waals surface area (Å²) in [5.74, 6) is -2.43. The van der Waals surface area contributed by atoms with Crippen LogP contribution in [0.4, 0.5) is 4.39 Å². The Hall–Kier alpha value is -2.22. The van der Waals surface area contributed by atoms with Crippen LogP contribution in [0.1, 0.15) is 22.8 Å². The smallest absolute Gasteiger partial charge is 0.283 e. The van der Waals surface area contributed by atoms with Gasteiger partial charge in [0.1, 0.15) is 5.82 Å². The van der Waals surface area contributed by atoms with Crippen LogP contribution in [-0.2, 0) is 9.84 Å². The number of hydrogen-bond donors (Lipinski definition) is 2. The van der Waals surface area contributed by atoms with Gasteiger partial charge in [-0.05, 0) is 30.2 Å². The van der Waals surface area contributed by atoms with E-state index in [2.05, 4.69) is 4.99 Å². The summed E-state index contributed by atoms with van der Waals surface area (Å²) in [5, 5.41) is 1.02. The number of hydrogen-bond acceptors (Lipinski definition) is 3. The molecular weight excluding hydrogens is 273 g/mol. The monoisotopic (exact) mass is 283 g/mol. The molecule has 0 aromatic heterocycles. The van der Waals surface area contributed by atoms with Crippen LogP contribution in [0.15, 0.2) is 27.4 Å². The number of sulfone groups is 1. The summed E-state index contributed by atoms with van der Waals surface area (Å²) < 4.78 is 37.3. The number of halogens is 1. The zero-order chi connectivity index (χ0) is 14.4. The largest absolute Gasteiger partial charge is 0.370 e. The highest BCUT2D eigenvalue weighted by Gasteiger charge is 2.28. The summed E-state index contributed by atoms with van der Waals surface area (Å²) in [7, 11) is -3.65. The number of carbonyl (C=O) groups excluding carboxylic acids is 1. The summed E-state index contributed by atoms with van der Waals surface area (Å²) in [6, 6.07) is 1.93. The number of guanidine groups is 1. The van der Waals surface area contributed by atoms with E-state index in [1.165, 1.54) is 0 Å². The lowest BCUT2D eigenvalue weighted by Crippen LogP contribution is -2.24. The Morgan fingerprint density at radius 3 is 2.53 bits per heavy atom. The van der Waals surface area contributed by atoms with Crippen molar-refractivity contribution in [1.29, 1.82) is 0 Å². The number of rotatable bonds is 1. The minimum atomic E-state index is -3.65. The molecule has 0 atom stereocenters. The third kappa shape index (κ3) is 2.22. The molecule has 0 unspecified atom stereocenters. The summed E-state index contributed by atoms with van der Waals surface area (Å²) in [5.41, 5.74) is 10.2. The number of nitrogens with zero attached hydrogens (tertiary/aromatic N) is 1. The normalized spacial score (nSPS) is 15.6. The van der Waals surface area contributed by atoms with E-state index in [4.69, 9.17) is 11.5 Å². The van der Waals surface area contributed by atoms with Gasteiger partial charge in [0.15, 0.2) is 5.96 Å². The van der Waals surface area contributed by atoms with Crippen LogP contribution >= 0.6 is 0 Å². The summed E-state index contributed by atoms with van der Waals surface area (Å²) in [4.78, 5) is 14.6. The molecule has 0 radical (unpaired) electrons. The van der Waals surface area contributed by atoms with Crippen molar-refractivity contribution in [3.63, 3.8) is 0 Å². The lowest BCUT2D eigenvalue weighted by Gasteiger charge is -2.04. The van der Waals surface area contributed by atoms with Gasteiger partial charge in [0.2, 0.25) is 9.84 Å². The highest BCUT2D eigenvalue weighted by Crippen LogP contribution is 2.34. The second-order valence-electron chi connectivity index (χ2n) is 4.02. The van der Waals surface area contributed by atoms with Crippen LogP contribution in [0.3, 0.4) is 0 Å². The van der Waals surface area contributed by atoms with Crippen LogP contribution in [0.5, 0.6) is 0 Å². The first-order valence-corrected chi connectivity index (χ1v) is 6.68. The van der Waals surface area contributed by atoms with Crippen molar-refractivity contribution >= 4 is 27.3 Å². The van der Waals surface area contributed by atoms with E-state index in [9.17, 15) is 17.6 Å². The molecular formula is C11H10FN3O3S. The van der Waals surface area contributed by atoms with Gasteiger partial charge >= 0.3 is 0 Å². The molecule has 6 nitrogen and oxygen atoms in total. The van der Waals surface area contributed by atoms with Crippen LogP contribution in [0.25, 0.3) is 5.57 Å². The molecule has 8 heteroatoms. The van der Waals surface area contributed by atoms with Crippen molar-refractivity contribution in [3.05, 3.63) is 34.5 Å². The van der Waals surface area contributed by atoms with Crippen molar-refractivity contribution in [2.24, 2.45) is 16.5 Å². The van der Waals surface area contributed by atoms with Gasteiger partial charge in [-0.25, -0.2) is 12.8 Å². The van der Waals surface area contributed by atoms with Gasteiger partial charge in [-0.2, -0.15) is 4.99 Å². The molecule has 0 saturated carbocycles. The minimum Gasteiger partial charge on any atom is -0.370 e. The SMILES string of the molecule is CC1=CS(=O)(=O)c2cc(C(=O)N=C(N)N)c(F)cc21. The number of nitrogens with two attached hydrogens (primary N) is 2. The molecule has 0 spiro atoms. The van der Waals surface area contributed by atoms with Gasteiger partial charge in [-0.15, -0.1) is 0 Å². The first-order chi connectivity index (χ1) is 8.72. The van der Waals surface area contributed by atoms with E-state index >= 15 is 0 Å². The minimum absolute atomic E-state index is 0.124. The Kier molecular flexibility index (Phi) is 2.90. The molecule has 19 heavy (non-hydrogen) atoms. The molecule has 0 aliphatic carbocycles. The second-order valence-corrected chi connectivity index (χ2v) is 5.78. The van der Waals surface area contributed by atoms with Gasteiger partial charge < -0.3 is 11.5 Å². The Morgan fingerprint density at radius 1 is 1.32 bits per heavy atom. The Morgan fingerprint density at radius 2 is 1.95 bits per heavy atom. The fraction of sp³-hybridized carbons (Fsp3) is 0.0909. The Bertz CT molecular complexity index is 747. The van der Waals surface area contributed by atoms with Crippen molar-refractivity contribution in [3.8, 4) is 0 Å². The quantitative estimate of drug-likeness (QED) is 0.439. The average molecular weight is 283 g/mol. The fourth-order valence-electron chi connectivity index (χ4n) is 1.80. The number of carbonyl (C=O) groups is 1. The molecule has 1 aliphatic heterocycles. The molecule has 1 amide bonds. The third-order valence-electron chi connectivity index (χ3n) is 2.59. The molecule has 1 aliphatic rings. The lowest BCUT2D eigenvalue weighted by molar-refractivity contribution is 0.0998. The summed E-state index contributed by atoms with van der Waals surface area (Å²) in [6.45, 7) is 1.54. The van der Waals surface area contributed by atoms with Gasteiger partial charge in [-0.1, -0.05) is 0 Å². The number of allylic oxidation sites excluding steroid dienone is 1. The Labute approximate surface area is 108 Å². The van der Waals surface area contributed by atoms with Crippen molar-refractivity contribution in [2.75, 3.05) is 0 Å². The summed E-state index contributed by atoms with van der Waals surface area (Å²) >= 11 is 0. The molecule has 0 fully saturated rings. The molecule has 1 aromatic carbocycles. The van der Waals surface area contributed by atoms with Crippen LogP contribution in [0.2, 0.25) is 0 Å². The van der Waals surface area contributed by atoms with E-state index in [1.807, 2.05) is 0 Å². The zero-order valence-electron chi connectivity index (χ0n) is 9.84. The molecule has 0 saturated heterocycles. The first-order valence-electron chi connectivity index (χ1n) is 5.13. The summed E-state index contributed by atoms with van der Waals surface area (Å²) in [6.07, 6.45) is 0. The molecule has 1 heterocycles. The van der Waals surface area contributed by atoms with Gasteiger partial charge in [-0.3, -0.25) is 4.79 Å². The standard InChI is InChI=1S/C11H10FN3O3S/c1-5-4-19(17,18)9-3-7(8(12)2-6(5)9)10(16)15-11(13)14/h2-4H,1H3,(H4,13,14,15,16). The molecule has 2 rings (SSSR count). The molecule has 0 bridgehead atoms. The maximum atomic E-state index is 13.8. The van der Waals surface area contributed by atoms with Crippen molar-refractivity contribution in [2.45, 2.75) is 11.8 Å². The van der Waals surface area contributed by atoms with Crippen LogP contribution in [-0.4, -0.2) is 20.3 Å². The van der Waals surface area contributed by atoms with Crippen LogP contribution < -0.4 is 11.5 Å². The maximum absolute atomic E-state index is 13.8. The lowest BCUT2D eigenvalue weighted by atomic mass is 10.1. The topological polar surface area (TPSA) is 116 Å². The zero-order valence-corrected chi connectivity index (χ0v) is 10.7. The van der Waals surface area contributed by atoms with Crippen molar-refractivity contribution < 1.29 is 17.6 Å². The number of fused-ring (bicyclic) bond motifs is 1. The molecule has 100 valence electrons. The van der Waals surface area contributed by atoms with Crippen LogP contribution in [0, 0.1) is 5.82 Å². The first kappa shape index (κ1) is 13.2. The number of amides is 1. The van der Waals surface area contributed by atoms with Gasteiger partial charge in [0, 0.05) is 5.41 Å². The van der Waals surface area contributed by atoms with E-state index in [0.29, 0.717) is 5.57 Å².